The minimum atomic E-state index is -0.0538. The van der Waals surface area contributed by atoms with E-state index in [1.807, 2.05) is 36.4 Å². The quantitative estimate of drug-likeness (QED) is 0.721. The van der Waals surface area contributed by atoms with Gasteiger partial charge in [0, 0.05) is 21.8 Å². The van der Waals surface area contributed by atoms with Crippen molar-refractivity contribution >= 4 is 27.6 Å². The van der Waals surface area contributed by atoms with E-state index in [0.717, 1.165) is 21.8 Å². The van der Waals surface area contributed by atoms with Crippen LogP contribution in [0.5, 0.6) is 0 Å². The number of fused-ring (bicyclic) bond motifs is 3. The summed E-state index contributed by atoms with van der Waals surface area (Å²) in [5, 5.41) is 12.4. The lowest BCUT2D eigenvalue weighted by molar-refractivity contribution is -0.114. The van der Waals surface area contributed by atoms with Crippen molar-refractivity contribution < 1.29 is 9.90 Å². The molecule has 22 heavy (non-hydrogen) atoms. The highest BCUT2D eigenvalue weighted by atomic mass is 16.3. The molecule has 0 amide bonds. The van der Waals surface area contributed by atoms with Gasteiger partial charge in [-0.2, -0.15) is 0 Å². The number of carbonyl (C=O) groups excluding carboxylic acids is 1. The maximum Gasteiger partial charge on any atom is 0.197 e. The molecule has 0 radical (unpaired) electrons. The number of nitrogens with zero attached hydrogens (tertiary/aromatic N) is 1. The largest absolute Gasteiger partial charge is 0.507 e. The summed E-state index contributed by atoms with van der Waals surface area (Å²) in [6.07, 6.45) is 1.66. The third-order valence-corrected chi connectivity index (χ3v) is 4.34. The average Bonchev–Trinajstić information content (AvgIpc) is 2.87. The molecule has 3 heteroatoms. The second kappa shape index (κ2) is 4.60. The van der Waals surface area contributed by atoms with Crippen LogP contribution in [0.2, 0.25) is 0 Å². The Hall–Kier alpha value is -2.81. The maximum atomic E-state index is 12.1. The van der Waals surface area contributed by atoms with E-state index in [2.05, 4.69) is 16.7 Å². The van der Waals surface area contributed by atoms with Gasteiger partial charge in [0.25, 0.3) is 0 Å². The molecule has 0 saturated heterocycles. The molecule has 1 N–H and O–H groups in total. The van der Waals surface area contributed by atoms with E-state index in [4.69, 9.17) is 0 Å². The number of aromatic nitrogens is 1. The highest BCUT2D eigenvalue weighted by Gasteiger charge is 2.33. The van der Waals surface area contributed by atoms with E-state index in [1.165, 1.54) is 0 Å². The Labute approximate surface area is 127 Å². The van der Waals surface area contributed by atoms with Gasteiger partial charge in [-0.3, -0.25) is 4.79 Å². The standard InChI is InChI=1S/C19H15NO2/c1-2-12-18(21)15(19(12)22)11-20-16-9-5-3-7-13(16)14-8-4-6-10-17(14)20/h2-10,21H,11H2,1H3/b12-2+. The van der Waals surface area contributed by atoms with Crippen molar-refractivity contribution in [1.82, 2.24) is 4.57 Å². The summed E-state index contributed by atoms with van der Waals surface area (Å²) >= 11 is 0. The Morgan fingerprint density at radius 3 is 2.05 bits per heavy atom. The molecule has 0 saturated carbocycles. The molecule has 0 spiro atoms. The van der Waals surface area contributed by atoms with Crippen LogP contribution < -0.4 is 0 Å². The number of aliphatic hydroxyl groups excluding tert-OH is 1. The van der Waals surface area contributed by atoms with Gasteiger partial charge in [0.2, 0.25) is 0 Å². The number of aliphatic hydroxyl groups is 1. The number of para-hydroxylation sites is 2. The minimum Gasteiger partial charge on any atom is -0.507 e. The van der Waals surface area contributed by atoms with E-state index in [-0.39, 0.29) is 11.5 Å². The molecule has 1 aliphatic carbocycles. The van der Waals surface area contributed by atoms with Crippen molar-refractivity contribution in [2.45, 2.75) is 13.5 Å². The normalized spacial score (nSPS) is 16.8. The molecule has 0 bridgehead atoms. The van der Waals surface area contributed by atoms with E-state index in [0.29, 0.717) is 17.7 Å². The lowest BCUT2D eigenvalue weighted by Crippen LogP contribution is -2.25. The van der Waals surface area contributed by atoms with Gasteiger partial charge in [-0.15, -0.1) is 0 Å². The SMILES string of the molecule is C/C=C1/C(=O)C(Cn2c3ccccc3c3ccccc32)=C1O. The smallest absolute Gasteiger partial charge is 0.197 e. The molecule has 0 atom stereocenters. The molecule has 4 rings (SSSR count). The highest BCUT2D eigenvalue weighted by Crippen LogP contribution is 2.34. The van der Waals surface area contributed by atoms with Gasteiger partial charge in [-0.25, -0.2) is 0 Å². The fourth-order valence-corrected chi connectivity index (χ4v) is 3.22. The number of carbonyl (C=O) groups is 1. The Morgan fingerprint density at radius 1 is 1.00 bits per heavy atom. The number of hydrogen-bond acceptors (Lipinski definition) is 2. The number of hydrogen-bond donors (Lipinski definition) is 1. The molecular formula is C19H15NO2. The second-order valence-electron chi connectivity index (χ2n) is 5.48. The molecule has 0 unspecified atom stereocenters. The summed E-state index contributed by atoms with van der Waals surface area (Å²) < 4.78 is 2.10. The minimum absolute atomic E-state index is 0.0538. The summed E-state index contributed by atoms with van der Waals surface area (Å²) in [5.41, 5.74) is 3.06. The van der Waals surface area contributed by atoms with E-state index < -0.39 is 0 Å². The van der Waals surface area contributed by atoms with Gasteiger partial charge in [0.1, 0.15) is 5.76 Å². The topological polar surface area (TPSA) is 42.2 Å². The number of allylic oxidation sites excluding steroid dienone is 3. The van der Waals surface area contributed by atoms with Crippen LogP contribution in [0, 0.1) is 0 Å². The van der Waals surface area contributed by atoms with Crippen molar-refractivity contribution in [1.29, 1.82) is 0 Å². The van der Waals surface area contributed by atoms with Crippen molar-refractivity contribution in [3.63, 3.8) is 0 Å². The lowest BCUT2D eigenvalue weighted by Gasteiger charge is -2.22. The van der Waals surface area contributed by atoms with E-state index >= 15 is 0 Å². The van der Waals surface area contributed by atoms with Crippen LogP contribution in [0.15, 0.2) is 71.5 Å². The summed E-state index contributed by atoms with van der Waals surface area (Å²) in [5.74, 6) is 0.0798. The van der Waals surface area contributed by atoms with Crippen LogP contribution in [0.25, 0.3) is 21.8 Å². The van der Waals surface area contributed by atoms with Gasteiger partial charge in [-0.1, -0.05) is 42.5 Å². The van der Waals surface area contributed by atoms with Gasteiger partial charge in [0.05, 0.1) is 17.7 Å². The molecule has 1 aromatic heterocycles. The van der Waals surface area contributed by atoms with Crippen LogP contribution in [-0.2, 0) is 11.3 Å². The zero-order valence-corrected chi connectivity index (χ0v) is 12.2. The molecule has 2 aromatic carbocycles. The zero-order chi connectivity index (χ0) is 15.3. The maximum absolute atomic E-state index is 12.1. The van der Waals surface area contributed by atoms with E-state index in [1.54, 1.807) is 13.0 Å². The molecule has 1 heterocycles. The van der Waals surface area contributed by atoms with Crippen LogP contribution in [0.4, 0.5) is 0 Å². The first-order valence-electron chi connectivity index (χ1n) is 7.32. The second-order valence-corrected chi connectivity index (χ2v) is 5.48. The monoisotopic (exact) mass is 289 g/mol. The fraction of sp³-hybridized carbons (Fsp3) is 0.105. The van der Waals surface area contributed by atoms with Crippen molar-refractivity contribution in [3.05, 3.63) is 71.5 Å². The molecular weight excluding hydrogens is 274 g/mol. The van der Waals surface area contributed by atoms with Crippen molar-refractivity contribution in [2.24, 2.45) is 0 Å². The molecule has 1 aliphatic rings. The predicted octanol–water partition coefficient (Wildman–Crippen LogP) is 4.14. The number of Topliss-reactive ketones (excluding diaryl/α,β-unsaturated/α-hetero) is 1. The van der Waals surface area contributed by atoms with Crippen LogP contribution >= 0.6 is 0 Å². The molecule has 3 aromatic rings. The third kappa shape index (κ3) is 1.59. The van der Waals surface area contributed by atoms with Gasteiger partial charge >= 0.3 is 0 Å². The van der Waals surface area contributed by atoms with Gasteiger partial charge in [-0.05, 0) is 19.1 Å². The summed E-state index contributed by atoms with van der Waals surface area (Å²) in [6.45, 7) is 2.16. The molecule has 108 valence electrons. The van der Waals surface area contributed by atoms with E-state index in [9.17, 15) is 9.90 Å². The van der Waals surface area contributed by atoms with Crippen LogP contribution in [-0.4, -0.2) is 15.5 Å². The summed E-state index contributed by atoms with van der Waals surface area (Å²) in [6, 6.07) is 16.3. The number of ketones is 1. The third-order valence-electron chi connectivity index (χ3n) is 4.34. The molecule has 0 aliphatic heterocycles. The molecule has 0 fully saturated rings. The first-order valence-corrected chi connectivity index (χ1v) is 7.32. The zero-order valence-electron chi connectivity index (χ0n) is 12.2. The Bertz CT molecular complexity index is 936. The molecule has 3 nitrogen and oxygen atoms in total. The fourth-order valence-electron chi connectivity index (χ4n) is 3.22. The number of benzene rings is 2. The average molecular weight is 289 g/mol. The lowest BCUT2D eigenvalue weighted by atomic mass is 9.88. The number of rotatable bonds is 2. The Morgan fingerprint density at radius 2 is 1.55 bits per heavy atom. The first-order chi connectivity index (χ1) is 10.7. The predicted molar refractivity (Wildman–Crippen MR) is 87.9 cm³/mol. The van der Waals surface area contributed by atoms with Gasteiger partial charge < -0.3 is 9.67 Å². The van der Waals surface area contributed by atoms with Crippen molar-refractivity contribution in [2.75, 3.05) is 0 Å². The highest BCUT2D eigenvalue weighted by molar-refractivity contribution is 6.19. The Kier molecular flexibility index (Phi) is 2.70. The first kappa shape index (κ1) is 12.9. The Balaban J connectivity index is 1.95. The van der Waals surface area contributed by atoms with Gasteiger partial charge in [0.15, 0.2) is 5.78 Å². The van der Waals surface area contributed by atoms with Crippen molar-refractivity contribution in [3.8, 4) is 0 Å². The van der Waals surface area contributed by atoms with Crippen LogP contribution in [0.3, 0.4) is 0 Å². The van der Waals surface area contributed by atoms with Crippen LogP contribution in [0.1, 0.15) is 6.92 Å². The summed E-state index contributed by atoms with van der Waals surface area (Å²) in [7, 11) is 0. The summed E-state index contributed by atoms with van der Waals surface area (Å²) in [4.78, 5) is 12.1.